The normalized spacial score (nSPS) is 19.5. The molecule has 0 radical (unpaired) electrons. The van der Waals surface area contributed by atoms with E-state index >= 15 is 0 Å². The van der Waals surface area contributed by atoms with Gasteiger partial charge >= 0.3 is 0 Å². The Kier molecular flexibility index (Phi) is 4.03. The molecule has 1 aliphatic rings. The molecule has 0 aromatic carbocycles. The van der Waals surface area contributed by atoms with Gasteiger partial charge in [0.05, 0.1) is 18.1 Å². The monoisotopic (exact) mass is 290 g/mol. The van der Waals surface area contributed by atoms with E-state index in [-0.39, 0.29) is 6.61 Å². The van der Waals surface area contributed by atoms with Gasteiger partial charge in [0.15, 0.2) is 5.65 Å². The molecule has 114 valence electrons. The second-order valence-electron chi connectivity index (χ2n) is 5.60. The van der Waals surface area contributed by atoms with Crippen LogP contribution in [-0.4, -0.2) is 56.0 Å². The van der Waals surface area contributed by atoms with Gasteiger partial charge in [-0.2, -0.15) is 5.10 Å². The second kappa shape index (κ2) is 5.95. The van der Waals surface area contributed by atoms with Crippen LogP contribution in [-0.2, 0) is 13.6 Å². The van der Waals surface area contributed by atoms with E-state index in [0.717, 1.165) is 55.3 Å². The molecular formula is C14H22N6O. The van der Waals surface area contributed by atoms with Gasteiger partial charge in [-0.15, -0.1) is 0 Å². The molecule has 0 amide bonds. The van der Waals surface area contributed by atoms with Crippen molar-refractivity contribution < 1.29 is 5.11 Å². The Labute approximate surface area is 124 Å². The standard InChI is InChI=1S/C14H22N6O/c1-3-15-13-11-6-16-19(2)14(11)18-12(17-13)8-20-5-4-10(7-20)9-21/h6,10,21H,3-5,7-9H2,1-2H3,(H,15,17,18). The molecule has 2 N–H and O–H groups in total. The number of aliphatic hydroxyl groups is 1. The zero-order chi connectivity index (χ0) is 14.8. The molecule has 1 aliphatic heterocycles. The molecule has 1 saturated heterocycles. The molecule has 21 heavy (non-hydrogen) atoms. The van der Waals surface area contributed by atoms with Crippen molar-refractivity contribution in [3.05, 3.63) is 12.0 Å². The first-order chi connectivity index (χ1) is 10.2. The summed E-state index contributed by atoms with van der Waals surface area (Å²) in [6, 6.07) is 0. The molecular weight excluding hydrogens is 268 g/mol. The largest absolute Gasteiger partial charge is 0.396 e. The van der Waals surface area contributed by atoms with Crippen molar-refractivity contribution in [1.29, 1.82) is 0 Å². The second-order valence-corrected chi connectivity index (χ2v) is 5.60. The van der Waals surface area contributed by atoms with Gasteiger partial charge in [0.25, 0.3) is 0 Å². The number of rotatable bonds is 5. The number of fused-ring (bicyclic) bond motifs is 1. The molecule has 2 aromatic rings. The summed E-state index contributed by atoms with van der Waals surface area (Å²) in [7, 11) is 1.90. The maximum Gasteiger partial charge on any atom is 0.163 e. The quantitative estimate of drug-likeness (QED) is 0.840. The number of nitrogens with one attached hydrogen (secondary N) is 1. The molecule has 0 spiro atoms. The molecule has 0 saturated carbocycles. The van der Waals surface area contributed by atoms with E-state index < -0.39 is 0 Å². The molecule has 3 heterocycles. The number of nitrogens with zero attached hydrogens (tertiary/aromatic N) is 5. The lowest BCUT2D eigenvalue weighted by atomic mass is 10.1. The summed E-state index contributed by atoms with van der Waals surface area (Å²) < 4.78 is 1.78. The van der Waals surface area contributed by atoms with Crippen LogP contribution in [0.2, 0.25) is 0 Å². The Morgan fingerprint density at radius 2 is 2.29 bits per heavy atom. The van der Waals surface area contributed by atoms with E-state index in [2.05, 4.69) is 32.2 Å². The molecule has 0 bridgehead atoms. The molecule has 7 heteroatoms. The summed E-state index contributed by atoms with van der Waals surface area (Å²) in [5, 5.41) is 17.7. The fourth-order valence-electron chi connectivity index (χ4n) is 2.85. The van der Waals surface area contributed by atoms with Crippen LogP contribution < -0.4 is 5.32 Å². The van der Waals surface area contributed by atoms with E-state index in [0.29, 0.717) is 5.92 Å². The van der Waals surface area contributed by atoms with E-state index in [4.69, 9.17) is 0 Å². The van der Waals surface area contributed by atoms with E-state index in [9.17, 15) is 5.11 Å². The van der Waals surface area contributed by atoms with Gasteiger partial charge in [0.2, 0.25) is 0 Å². The highest BCUT2D eigenvalue weighted by Gasteiger charge is 2.23. The SMILES string of the molecule is CCNc1nc(CN2CCC(CO)C2)nc2c1cnn2C. The summed E-state index contributed by atoms with van der Waals surface area (Å²) in [5.41, 5.74) is 0.855. The van der Waals surface area contributed by atoms with Crippen molar-refractivity contribution in [2.45, 2.75) is 19.9 Å². The van der Waals surface area contributed by atoms with Gasteiger partial charge in [-0.3, -0.25) is 9.58 Å². The van der Waals surface area contributed by atoms with Crippen LogP contribution in [0, 0.1) is 5.92 Å². The van der Waals surface area contributed by atoms with Crippen molar-refractivity contribution in [1.82, 2.24) is 24.6 Å². The number of aliphatic hydroxyl groups excluding tert-OH is 1. The first-order valence-corrected chi connectivity index (χ1v) is 7.47. The van der Waals surface area contributed by atoms with Crippen LogP contribution in [0.1, 0.15) is 19.2 Å². The van der Waals surface area contributed by atoms with Gasteiger partial charge < -0.3 is 10.4 Å². The van der Waals surface area contributed by atoms with Crippen LogP contribution in [0.3, 0.4) is 0 Å². The van der Waals surface area contributed by atoms with Crippen LogP contribution >= 0.6 is 0 Å². The lowest BCUT2D eigenvalue weighted by Crippen LogP contribution is -2.22. The Bertz CT molecular complexity index is 625. The number of aryl methyl sites for hydroxylation is 1. The summed E-state index contributed by atoms with van der Waals surface area (Å²) in [6.45, 7) is 5.76. The highest BCUT2D eigenvalue weighted by Crippen LogP contribution is 2.22. The zero-order valence-electron chi connectivity index (χ0n) is 12.6. The molecule has 0 aliphatic carbocycles. The average Bonchev–Trinajstić information content (AvgIpc) is 3.07. The number of aromatic nitrogens is 4. The van der Waals surface area contributed by atoms with E-state index in [1.54, 1.807) is 10.9 Å². The third-order valence-corrected chi connectivity index (χ3v) is 3.98. The summed E-state index contributed by atoms with van der Waals surface area (Å²) in [4.78, 5) is 11.6. The minimum absolute atomic E-state index is 0.265. The predicted octanol–water partition coefficient (Wildman–Crippen LogP) is 0.609. The maximum absolute atomic E-state index is 9.23. The van der Waals surface area contributed by atoms with Crippen molar-refractivity contribution in [3.8, 4) is 0 Å². The Morgan fingerprint density at radius 1 is 1.43 bits per heavy atom. The Balaban J connectivity index is 1.86. The van der Waals surface area contributed by atoms with Crippen LogP contribution in [0.4, 0.5) is 5.82 Å². The van der Waals surface area contributed by atoms with Crippen molar-refractivity contribution >= 4 is 16.9 Å². The third kappa shape index (κ3) is 2.84. The van der Waals surface area contributed by atoms with Crippen LogP contribution in [0.25, 0.3) is 11.0 Å². The Hall–Kier alpha value is -1.73. The van der Waals surface area contributed by atoms with Gasteiger partial charge in [-0.05, 0) is 25.8 Å². The van der Waals surface area contributed by atoms with Gasteiger partial charge in [-0.25, -0.2) is 9.97 Å². The zero-order valence-corrected chi connectivity index (χ0v) is 12.6. The average molecular weight is 290 g/mol. The highest BCUT2D eigenvalue weighted by molar-refractivity contribution is 5.86. The van der Waals surface area contributed by atoms with Crippen molar-refractivity contribution in [2.75, 3.05) is 31.6 Å². The number of likely N-dealkylation sites (tertiary alicyclic amines) is 1. The lowest BCUT2D eigenvalue weighted by Gasteiger charge is -2.15. The summed E-state index contributed by atoms with van der Waals surface area (Å²) in [6.07, 6.45) is 2.85. The Morgan fingerprint density at radius 3 is 3.00 bits per heavy atom. The molecule has 3 rings (SSSR count). The topological polar surface area (TPSA) is 79.1 Å². The minimum Gasteiger partial charge on any atom is -0.396 e. The molecule has 7 nitrogen and oxygen atoms in total. The maximum atomic E-state index is 9.23. The van der Waals surface area contributed by atoms with Crippen LogP contribution in [0.5, 0.6) is 0 Å². The highest BCUT2D eigenvalue weighted by atomic mass is 16.3. The molecule has 1 fully saturated rings. The molecule has 1 atom stereocenters. The summed E-state index contributed by atoms with van der Waals surface area (Å²) >= 11 is 0. The lowest BCUT2D eigenvalue weighted by molar-refractivity contribution is 0.219. The van der Waals surface area contributed by atoms with Gasteiger partial charge in [0, 0.05) is 26.7 Å². The fraction of sp³-hybridized carbons (Fsp3) is 0.643. The van der Waals surface area contributed by atoms with E-state index in [1.807, 2.05) is 7.05 Å². The van der Waals surface area contributed by atoms with Crippen LogP contribution in [0.15, 0.2) is 6.20 Å². The van der Waals surface area contributed by atoms with E-state index in [1.165, 1.54) is 0 Å². The van der Waals surface area contributed by atoms with Crippen molar-refractivity contribution in [3.63, 3.8) is 0 Å². The number of anilines is 1. The fourth-order valence-corrected chi connectivity index (χ4v) is 2.85. The minimum atomic E-state index is 0.265. The number of hydrogen-bond acceptors (Lipinski definition) is 6. The smallest absolute Gasteiger partial charge is 0.163 e. The summed E-state index contributed by atoms with van der Waals surface area (Å²) in [5.74, 6) is 2.04. The molecule has 1 unspecified atom stereocenters. The first kappa shape index (κ1) is 14.2. The number of hydrogen-bond donors (Lipinski definition) is 2. The predicted molar refractivity (Wildman–Crippen MR) is 80.9 cm³/mol. The molecule has 2 aromatic heterocycles. The van der Waals surface area contributed by atoms with Gasteiger partial charge in [0.1, 0.15) is 11.6 Å². The van der Waals surface area contributed by atoms with Crippen molar-refractivity contribution in [2.24, 2.45) is 13.0 Å². The third-order valence-electron chi connectivity index (χ3n) is 3.98. The van der Waals surface area contributed by atoms with Gasteiger partial charge in [-0.1, -0.05) is 0 Å². The first-order valence-electron chi connectivity index (χ1n) is 7.47.